The largest absolute Gasteiger partial charge is 0.434 e. The van der Waals surface area contributed by atoms with Crippen molar-refractivity contribution in [2.24, 2.45) is 5.73 Å². The van der Waals surface area contributed by atoms with Crippen molar-refractivity contribution >= 4 is 18.3 Å². The Labute approximate surface area is 135 Å². The monoisotopic (exact) mass is 336 g/mol. The average molecular weight is 337 g/mol. The number of amides is 1. The van der Waals surface area contributed by atoms with E-state index in [9.17, 15) is 13.6 Å². The lowest BCUT2D eigenvalue weighted by Crippen LogP contribution is -2.22. The molecular formula is C15H23ClF2N2O2. The molecule has 0 fully saturated rings. The molecule has 0 aliphatic rings. The number of rotatable bonds is 10. The van der Waals surface area contributed by atoms with Crippen molar-refractivity contribution < 1.29 is 18.3 Å². The van der Waals surface area contributed by atoms with Crippen LogP contribution in [0.15, 0.2) is 24.3 Å². The maximum Gasteiger partial charge on any atom is 0.387 e. The number of carbonyl (C=O) groups is 1. The van der Waals surface area contributed by atoms with Gasteiger partial charge in [-0.15, -0.1) is 12.4 Å². The summed E-state index contributed by atoms with van der Waals surface area (Å²) in [5, 5.41) is 2.71. The Balaban J connectivity index is 0.00000441. The van der Waals surface area contributed by atoms with Gasteiger partial charge < -0.3 is 15.8 Å². The van der Waals surface area contributed by atoms with Gasteiger partial charge in [0.15, 0.2) is 0 Å². The highest BCUT2D eigenvalue weighted by atomic mass is 35.5. The molecule has 0 aliphatic heterocycles. The second kappa shape index (κ2) is 12.2. The van der Waals surface area contributed by atoms with E-state index in [4.69, 9.17) is 5.73 Å². The highest BCUT2D eigenvalue weighted by Gasteiger charge is 2.09. The molecule has 1 aromatic rings. The summed E-state index contributed by atoms with van der Waals surface area (Å²) in [6.45, 7) is -2.01. The SMILES string of the molecule is Cl.NCCCCCCC(=O)NCc1ccccc1OC(F)F. The molecule has 0 saturated heterocycles. The zero-order valence-corrected chi connectivity index (χ0v) is 13.2. The standard InChI is InChI=1S/C15H22F2N2O2.ClH/c16-15(17)21-13-8-5-4-7-12(13)11-19-14(20)9-3-1-2-6-10-18;/h4-5,7-8,15H,1-3,6,9-11,18H2,(H,19,20);1H. The van der Waals surface area contributed by atoms with E-state index in [0.29, 0.717) is 18.5 Å². The molecule has 0 bridgehead atoms. The van der Waals surface area contributed by atoms with E-state index in [1.165, 1.54) is 6.07 Å². The van der Waals surface area contributed by atoms with Crippen LogP contribution in [0, 0.1) is 0 Å². The summed E-state index contributed by atoms with van der Waals surface area (Å²) in [5.41, 5.74) is 5.92. The Morgan fingerprint density at radius 3 is 2.55 bits per heavy atom. The van der Waals surface area contributed by atoms with Crippen molar-refractivity contribution in [1.82, 2.24) is 5.32 Å². The fraction of sp³-hybridized carbons (Fsp3) is 0.533. The van der Waals surface area contributed by atoms with Gasteiger partial charge in [-0.3, -0.25) is 4.79 Å². The Morgan fingerprint density at radius 2 is 1.86 bits per heavy atom. The smallest absolute Gasteiger partial charge is 0.387 e. The molecule has 0 radical (unpaired) electrons. The van der Waals surface area contributed by atoms with Gasteiger partial charge in [-0.2, -0.15) is 8.78 Å². The van der Waals surface area contributed by atoms with Gasteiger partial charge >= 0.3 is 6.61 Å². The summed E-state index contributed by atoms with van der Waals surface area (Å²) < 4.78 is 28.9. The van der Waals surface area contributed by atoms with Crippen LogP contribution in [-0.4, -0.2) is 19.1 Å². The number of nitrogens with one attached hydrogen (secondary N) is 1. The summed E-state index contributed by atoms with van der Waals surface area (Å²) in [7, 11) is 0. The fourth-order valence-electron chi connectivity index (χ4n) is 1.93. The molecule has 1 amide bonds. The van der Waals surface area contributed by atoms with Crippen molar-refractivity contribution in [2.75, 3.05) is 6.54 Å². The molecule has 1 rings (SSSR count). The van der Waals surface area contributed by atoms with Gasteiger partial charge in [0.25, 0.3) is 0 Å². The quantitative estimate of drug-likeness (QED) is 0.645. The maximum absolute atomic E-state index is 12.2. The van der Waals surface area contributed by atoms with Crippen molar-refractivity contribution in [3.8, 4) is 5.75 Å². The number of unbranched alkanes of at least 4 members (excludes halogenated alkanes) is 3. The first-order chi connectivity index (χ1) is 10.1. The molecule has 126 valence electrons. The summed E-state index contributed by atoms with van der Waals surface area (Å²) in [6.07, 6.45) is 4.20. The lowest BCUT2D eigenvalue weighted by atomic mass is 10.1. The molecule has 0 atom stereocenters. The first-order valence-electron chi connectivity index (χ1n) is 7.13. The van der Waals surface area contributed by atoms with Crippen LogP contribution >= 0.6 is 12.4 Å². The van der Waals surface area contributed by atoms with Crippen molar-refractivity contribution in [3.63, 3.8) is 0 Å². The topological polar surface area (TPSA) is 64.4 Å². The van der Waals surface area contributed by atoms with Crippen LogP contribution in [0.25, 0.3) is 0 Å². The van der Waals surface area contributed by atoms with Gasteiger partial charge in [0.2, 0.25) is 5.91 Å². The molecule has 0 saturated carbocycles. The number of benzene rings is 1. The Hall–Kier alpha value is -1.40. The molecule has 3 N–H and O–H groups in total. The van der Waals surface area contributed by atoms with Crippen LogP contribution in [0.1, 0.15) is 37.7 Å². The van der Waals surface area contributed by atoms with Gasteiger partial charge in [-0.1, -0.05) is 31.0 Å². The van der Waals surface area contributed by atoms with Crippen molar-refractivity contribution in [1.29, 1.82) is 0 Å². The number of halogens is 3. The number of para-hydroxylation sites is 1. The van der Waals surface area contributed by atoms with Gasteiger partial charge in [-0.05, 0) is 25.5 Å². The van der Waals surface area contributed by atoms with Crippen molar-refractivity contribution in [2.45, 2.75) is 45.3 Å². The Bertz CT molecular complexity index is 434. The van der Waals surface area contributed by atoms with E-state index in [2.05, 4.69) is 10.1 Å². The number of nitrogens with two attached hydrogens (primary N) is 1. The zero-order valence-electron chi connectivity index (χ0n) is 12.4. The summed E-state index contributed by atoms with van der Waals surface area (Å²) >= 11 is 0. The highest BCUT2D eigenvalue weighted by molar-refractivity contribution is 5.85. The number of ether oxygens (including phenoxy) is 1. The van der Waals surface area contributed by atoms with E-state index >= 15 is 0 Å². The third-order valence-electron chi connectivity index (χ3n) is 3.02. The first-order valence-corrected chi connectivity index (χ1v) is 7.13. The molecule has 7 heteroatoms. The zero-order chi connectivity index (χ0) is 15.5. The predicted octanol–water partition coefficient (Wildman–Crippen LogP) is 3.24. The normalized spacial score (nSPS) is 10.2. The minimum atomic E-state index is -2.87. The van der Waals surface area contributed by atoms with Gasteiger partial charge in [0, 0.05) is 18.5 Å². The predicted molar refractivity (Wildman–Crippen MR) is 84.3 cm³/mol. The van der Waals surface area contributed by atoms with Crippen molar-refractivity contribution in [3.05, 3.63) is 29.8 Å². The number of alkyl halides is 2. The number of hydrogen-bond donors (Lipinski definition) is 2. The minimum Gasteiger partial charge on any atom is -0.434 e. The van der Waals surface area contributed by atoms with E-state index in [1.54, 1.807) is 18.2 Å². The molecule has 0 spiro atoms. The lowest BCUT2D eigenvalue weighted by molar-refractivity contribution is -0.121. The molecule has 4 nitrogen and oxygen atoms in total. The molecule has 0 unspecified atom stereocenters. The van der Waals surface area contributed by atoms with Crippen LogP contribution in [0.4, 0.5) is 8.78 Å². The third kappa shape index (κ3) is 8.79. The molecule has 22 heavy (non-hydrogen) atoms. The molecule has 1 aromatic carbocycles. The molecule has 0 aliphatic carbocycles. The summed E-state index contributed by atoms with van der Waals surface area (Å²) in [5.74, 6) is 0.00495. The molecule has 0 heterocycles. The summed E-state index contributed by atoms with van der Waals surface area (Å²) in [4.78, 5) is 11.7. The van der Waals surface area contributed by atoms with Crippen LogP contribution in [0.2, 0.25) is 0 Å². The van der Waals surface area contributed by atoms with E-state index in [1.807, 2.05) is 0 Å². The molecule has 0 aromatic heterocycles. The van der Waals surface area contributed by atoms with Crippen LogP contribution < -0.4 is 15.8 Å². The average Bonchev–Trinajstić information content (AvgIpc) is 2.45. The van der Waals surface area contributed by atoms with Crippen LogP contribution in [-0.2, 0) is 11.3 Å². The first kappa shape index (κ1) is 20.6. The second-order valence-corrected chi connectivity index (χ2v) is 4.72. The van der Waals surface area contributed by atoms with E-state index in [0.717, 1.165) is 25.7 Å². The highest BCUT2D eigenvalue weighted by Crippen LogP contribution is 2.19. The van der Waals surface area contributed by atoms with Gasteiger partial charge in [0.1, 0.15) is 5.75 Å². The van der Waals surface area contributed by atoms with E-state index < -0.39 is 6.61 Å². The van der Waals surface area contributed by atoms with Gasteiger partial charge in [0.05, 0.1) is 0 Å². The summed E-state index contributed by atoms with van der Waals surface area (Å²) in [6, 6.07) is 6.44. The number of carbonyl (C=O) groups excluding carboxylic acids is 1. The maximum atomic E-state index is 12.2. The Morgan fingerprint density at radius 1 is 1.18 bits per heavy atom. The van der Waals surface area contributed by atoms with Gasteiger partial charge in [-0.25, -0.2) is 0 Å². The number of hydrogen-bond acceptors (Lipinski definition) is 3. The third-order valence-corrected chi connectivity index (χ3v) is 3.02. The van der Waals surface area contributed by atoms with Crippen LogP contribution in [0.3, 0.4) is 0 Å². The second-order valence-electron chi connectivity index (χ2n) is 4.72. The minimum absolute atomic E-state index is 0. The Kier molecular flexibility index (Phi) is 11.4. The van der Waals surface area contributed by atoms with E-state index in [-0.39, 0.29) is 30.6 Å². The van der Waals surface area contributed by atoms with Crippen LogP contribution in [0.5, 0.6) is 5.75 Å². The fourth-order valence-corrected chi connectivity index (χ4v) is 1.93. The lowest BCUT2D eigenvalue weighted by Gasteiger charge is -2.11. The molecular weight excluding hydrogens is 314 g/mol.